The predicted octanol–water partition coefficient (Wildman–Crippen LogP) is 4.23. The summed E-state index contributed by atoms with van der Waals surface area (Å²) in [6.45, 7) is 0. The molecule has 0 saturated heterocycles. The molecule has 0 atom stereocenters. The fraction of sp³-hybridized carbons (Fsp3) is 0.500. The van der Waals surface area contributed by atoms with E-state index in [0.29, 0.717) is 17.0 Å². The molecule has 0 spiro atoms. The van der Waals surface area contributed by atoms with Crippen LogP contribution in [0.5, 0.6) is 0 Å². The van der Waals surface area contributed by atoms with Gasteiger partial charge in [0.25, 0.3) is 0 Å². The van der Waals surface area contributed by atoms with Gasteiger partial charge in [0.1, 0.15) is 17.2 Å². The van der Waals surface area contributed by atoms with E-state index in [1.807, 2.05) is 0 Å². The third-order valence-electron chi connectivity index (χ3n) is 4.29. The molecule has 0 bridgehead atoms. The minimum absolute atomic E-state index is 0.0710. The molecule has 1 saturated carbocycles. The number of aromatic carboxylic acids is 1. The molecular weight excluding hydrogens is 271 g/mol. The van der Waals surface area contributed by atoms with Gasteiger partial charge in [0, 0.05) is 5.92 Å². The Hall–Kier alpha value is -1.91. The number of hydrogen-bond donors (Lipinski definition) is 2. The first-order valence-corrected chi connectivity index (χ1v) is 7.57. The second-order valence-corrected chi connectivity index (χ2v) is 5.82. The first kappa shape index (κ1) is 14.0. The van der Waals surface area contributed by atoms with Crippen LogP contribution < -0.4 is 0 Å². The number of hydrogen-bond acceptors (Lipinski definition) is 2. The van der Waals surface area contributed by atoms with Gasteiger partial charge in [0.2, 0.25) is 0 Å². The SMILES string of the molecule is O=C(O)c1cc(F)cc2[nH]c(C3CCCCCCC3)nc12. The lowest BCUT2D eigenvalue weighted by Crippen LogP contribution is -2.04. The molecule has 2 N–H and O–H groups in total. The van der Waals surface area contributed by atoms with Crippen molar-refractivity contribution in [1.82, 2.24) is 9.97 Å². The zero-order valence-electron chi connectivity index (χ0n) is 11.9. The smallest absolute Gasteiger partial charge is 0.338 e. The van der Waals surface area contributed by atoms with Crippen LogP contribution in [0.25, 0.3) is 11.0 Å². The normalized spacial score (nSPS) is 17.6. The topological polar surface area (TPSA) is 66.0 Å². The highest BCUT2D eigenvalue weighted by Gasteiger charge is 2.20. The molecule has 0 aliphatic heterocycles. The summed E-state index contributed by atoms with van der Waals surface area (Å²) in [5.41, 5.74) is 0.767. The fourth-order valence-electron chi connectivity index (χ4n) is 3.19. The van der Waals surface area contributed by atoms with Crippen molar-refractivity contribution in [3.05, 3.63) is 29.3 Å². The van der Waals surface area contributed by atoms with E-state index in [2.05, 4.69) is 9.97 Å². The van der Waals surface area contributed by atoms with E-state index in [1.54, 1.807) is 0 Å². The molecule has 21 heavy (non-hydrogen) atoms. The van der Waals surface area contributed by atoms with Gasteiger partial charge in [-0.1, -0.05) is 32.1 Å². The van der Waals surface area contributed by atoms with E-state index in [4.69, 9.17) is 0 Å². The van der Waals surface area contributed by atoms with Crippen molar-refractivity contribution >= 4 is 17.0 Å². The summed E-state index contributed by atoms with van der Waals surface area (Å²) in [4.78, 5) is 18.8. The standard InChI is InChI=1S/C16H19FN2O2/c17-11-8-12(16(20)21)14-13(9-11)18-15(19-14)10-6-4-2-1-3-5-7-10/h8-10H,1-7H2,(H,18,19)(H,20,21). The highest BCUT2D eigenvalue weighted by Crippen LogP contribution is 2.31. The molecule has 2 aromatic rings. The largest absolute Gasteiger partial charge is 0.478 e. The summed E-state index contributed by atoms with van der Waals surface area (Å²) < 4.78 is 13.5. The van der Waals surface area contributed by atoms with Crippen LogP contribution in [0.4, 0.5) is 4.39 Å². The molecule has 5 heteroatoms. The number of halogens is 1. The van der Waals surface area contributed by atoms with Crippen LogP contribution in [0.1, 0.15) is 67.0 Å². The van der Waals surface area contributed by atoms with E-state index < -0.39 is 11.8 Å². The maximum Gasteiger partial charge on any atom is 0.338 e. The predicted molar refractivity (Wildman–Crippen MR) is 78.1 cm³/mol. The Labute approximate surface area is 122 Å². The number of carboxylic acid groups (broad SMARTS) is 1. The molecule has 1 heterocycles. The molecule has 0 amide bonds. The lowest BCUT2D eigenvalue weighted by atomic mass is 9.91. The summed E-state index contributed by atoms with van der Waals surface area (Å²) in [6, 6.07) is 2.36. The molecular formula is C16H19FN2O2. The molecule has 112 valence electrons. The van der Waals surface area contributed by atoms with Crippen LogP contribution in [-0.4, -0.2) is 21.0 Å². The Bertz CT molecular complexity index is 658. The van der Waals surface area contributed by atoms with Crippen LogP contribution in [0.2, 0.25) is 0 Å². The summed E-state index contributed by atoms with van der Waals surface area (Å²) in [5, 5.41) is 9.19. The van der Waals surface area contributed by atoms with Crippen LogP contribution in [-0.2, 0) is 0 Å². The average molecular weight is 290 g/mol. The summed E-state index contributed by atoms with van der Waals surface area (Å²) in [6.07, 6.45) is 8.23. The number of imidazole rings is 1. The van der Waals surface area contributed by atoms with Gasteiger partial charge in [-0.05, 0) is 25.0 Å². The first-order valence-electron chi connectivity index (χ1n) is 7.57. The summed E-state index contributed by atoms with van der Waals surface area (Å²) in [7, 11) is 0. The first-order chi connectivity index (χ1) is 10.1. The van der Waals surface area contributed by atoms with Crippen molar-refractivity contribution in [2.75, 3.05) is 0 Å². The number of rotatable bonds is 2. The minimum atomic E-state index is -1.14. The third-order valence-corrected chi connectivity index (χ3v) is 4.29. The Kier molecular flexibility index (Phi) is 3.90. The second kappa shape index (κ2) is 5.84. The highest BCUT2D eigenvalue weighted by molar-refractivity contribution is 6.01. The van der Waals surface area contributed by atoms with Crippen molar-refractivity contribution in [1.29, 1.82) is 0 Å². The van der Waals surface area contributed by atoms with Gasteiger partial charge < -0.3 is 10.1 Å². The van der Waals surface area contributed by atoms with Crippen LogP contribution >= 0.6 is 0 Å². The number of nitrogens with zero attached hydrogens (tertiary/aromatic N) is 1. The van der Waals surface area contributed by atoms with E-state index >= 15 is 0 Å². The Balaban J connectivity index is 1.99. The third kappa shape index (κ3) is 2.91. The zero-order chi connectivity index (χ0) is 14.8. The van der Waals surface area contributed by atoms with Gasteiger partial charge in [-0.15, -0.1) is 0 Å². The second-order valence-electron chi connectivity index (χ2n) is 5.82. The van der Waals surface area contributed by atoms with Gasteiger partial charge in [-0.3, -0.25) is 0 Å². The molecule has 1 fully saturated rings. The van der Waals surface area contributed by atoms with Crippen molar-refractivity contribution in [3.8, 4) is 0 Å². The van der Waals surface area contributed by atoms with Crippen LogP contribution in [0.15, 0.2) is 12.1 Å². The maximum atomic E-state index is 13.5. The Morgan fingerprint density at radius 2 is 1.86 bits per heavy atom. The number of aromatic nitrogens is 2. The van der Waals surface area contributed by atoms with Crippen LogP contribution in [0, 0.1) is 5.82 Å². The van der Waals surface area contributed by atoms with Gasteiger partial charge in [-0.2, -0.15) is 0 Å². The maximum absolute atomic E-state index is 13.5. The number of benzene rings is 1. The molecule has 0 radical (unpaired) electrons. The lowest BCUT2D eigenvalue weighted by Gasteiger charge is -2.17. The fourth-order valence-corrected chi connectivity index (χ4v) is 3.19. The molecule has 3 rings (SSSR count). The molecule has 1 aromatic carbocycles. The van der Waals surface area contributed by atoms with E-state index in [-0.39, 0.29) is 5.56 Å². The Morgan fingerprint density at radius 3 is 2.52 bits per heavy atom. The molecule has 0 unspecified atom stereocenters. The highest BCUT2D eigenvalue weighted by atomic mass is 19.1. The number of H-pyrrole nitrogens is 1. The van der Waals surface area contributed by atoms with Gasteiger partial charge in [0.15, 0.2) is 0 Å². The molecule has 1 aliphatic rings. The van der Waals surface area contributed by atoms with Crippen LogP contribution in [0.3, 0.4) is 0 Å². The molecule has 1 aliphatic carbocycles. The molecule has 4 nitrogen and oxygen atoms in total. The summed E-state index contributed by atoms with van der Waals surface area (Å²) >= 11 is 0. The minimum Gasteiger partial charge on any atom is -0.478 e. The molecule has 1 aromatic heterocycles. The summed E-state index contributed by atoms with van der Waals surface area (Å²) in [5.74, 6) is -0.564. The van der Waals surface area contributed by atoms with E-state index in [9.17, 15) is 14.3 Å². The van der Waals surface area contributed by atoms with Crippen molar-refractivity contribution in [3.63, 3.8) is 0 Å². The Morgan fingerprint density at radius 1 is 1.19 bits per heavy atom. The monoisotopic (exact) mass is 290 g/mol. The zero-order valence-corrected chi connectivity index (χ0v) is 11.9. The number of carbonyl (C=O) groups is 1. The average Bonchev–Trinajstić information content (AvgIpc) is 2.80. The van der Waals surface area contributed by atoms with Crippen molar-refractivity contribution in [2.24, 2.45) is 0 Å². The van der Waals surface area contributed by atoms with E-state index in [1.165, 1.54) is 38.2 Å². The van der Waals surface area contributed by atoms with Gasteiger partial charge >= 0.3 is 5.97 Å². The number of fused-ring (bicyclic) bond motifs is 1. The van der Waals surface area contributed by atoms with Crippen molar-refractivity contribution in [2.45, 2.75) is 50.9 Å². The van der Waals surface area contributed by atoms with E-state index in [0.717, 1.165) is 24.7 Å². The number of aromatic amines is 1. The van der Waals surface area contributed by atoms with Gasteiger partial charge in [0.05, 0.1) is 11.1 Å². The van der Waals surface area contributed by atoms with Crippen molar-refractivity contribution < 1.29 is 14.3 Å². The number of carboxylic acids is 1. The lowest BCUT2D eigenvalue weighted by molar-refractivity contribution is 0.0698. The number of nitrogens with one attached hydrogen (secondary N) is 1. The quantitative estimate of drug-likeness (QED) is 0.870. The van der Waals surface area contributed by atoms with Gasteiger partial charge in [-0.25, -0.2) is 14.2 Å².